The van der Waals surface area contributed by atoms with E-state index in [1.165, 1.54) is 0 Å². The number of nitrogens with zero attached hydrogens (tertiary/aromatic N) is 3. The standard InChI is InChI=1S/C12H18N4O/c1-3-16-8-7-15-12(11(16)13-2)17-10-5-4-6-14-9-10/h3,7-8,10,14H,1,4-6,9H2,2H3. The summed E-state index contributed by atoms with van der Waals surface area (Å²) in [5, 5.41) is 3.31. The van der Waals surface area contributed by atoms with Crippen LogP contribution < -0.4 is 15.5 Å². The van der Waals surface area contributed by atoms with Gasteiger partial charge in [-0.05, 0) is 19.4 Å². The second kappa shape index (κ2) is 5.63. The number of piperidine rings is 1. The van der Waals surface area contributed by atoms with Gasteiger partial charge in [-0.2, -0.15) is 0 Å². The second-order valence-corrected chi connectivity index (χ2v) is 3.96. The minimum Gasteiger partial charge on any atom is -0.470 e. The van der Waals surface area contributed by atoms with Crippen molar-refractivity contribution in [1.82, 2.24) is 14.9 Å². The molecule has 1 atom stereocenters. The Morgan fingerprint density at radius 3 is 3.24 bits per heavy atom. The van der Waals surface area contributed by atoms with Gasteiger partial charge in [-0.15, -0.1) is 0 Å². The molecule has 0 radical (unpaired) electrons. The SMILES string of the molecule is C=Cn1ccnc(OC2CCCNC2)c1=NC. The van der Waals surface area contributed by atoms with Crippen LogP contribution in [0.4, 0.5) is 0 Å². The zero-order valence-electron chi connectivity index (χ0n) is 10.1. The molecule has 1 aromatic rings. The van der Waals surface area contributed by atoms with Gasteiger partial charge in [0.15, 0.2) is 5.49 Å². The number of hydrogen-bond donors (Lipinski definition) is 1. The minimum atomic E-state index is 0.178. The highest BCUT2D eigenvalue weighted by molar-refractivity contribution is 5.19. The van der Waals surface area contributed by atoms with E-state index in [1.54, 1.807) is 30.2 Å². The highest BCUT2D eigenvalue weighted by atomic mass is 16.5. The first-order valence-electron chi connectivity index (χ1n) is 5.85. The number of nitrogens with one attached hydrogen (secondary N) is 1. The summed E-state index contributed by atoms with van der Waals surface area (Å²) in [5.41, 5.74) is 0.702. The highest BCUT2D eigenvalue weighted by Gasteiger charge is 2.16. The van der Waals surface area contributed by atoms with Crippen molar-refractivity contribution in [3.8, 4) is 5.88 Å². The Kier molecular flexibility index (Phi) is 3.93. The third-order valence-electron chi connectivity index (χ3n) is 2.79. The van der Waals surface area contributed by atoms with Crippen LogP contribution in [0.2, 0.25) is 0 Å². The molecule has 0 aliphatic carbocycles. The van der Waals surface area contributed by atoms with Crippen molar-refractivity contribution >= 4 is 6.20 Å². The minimum absolute atomic E-state index is 0.178. The van der Waals surface area contributed by atoms with E-state index in [0.717, 1.165) is 25.9 Å². The smallest absolute Gasteiger partial charge is 0.258 e. The Morgan fingerprint density at radius 1 is 1.71 bits per heavy atom. The van der Waals surface area contributed by atoms with Crippen LogP contribution in [-0.4, -0.2) is 35.8 Å². The Balaban J connectivity index is 2.23. The highest BCUT2D eigenvalue weighted by Crippen LogP contribution is 2.08. The Bertz CT molecular complexity index is 446. The number of hydrogen-bond acceptors (Lipinski definition) is 4. The normalized spacial score (nSPS) is 21.2. The summed E-state index contributed by atoms with van der Waals surface area (Å²) in [7, 11) is 1.73. The first-order valence-corrected chi connectivity index (χ1v) is 5.85. The lowest BCUT2D eigenvalue weighted by Crippen LogP contribution is -2.38. The average molecular weight is 234 g/mol. The first-order chi connectivity index (χ1) is 8.35. The zero-order valence-corrected chi connectivity index (χ0v) is 10.1. The molecule has 5 heteroatoms. The molecule has 17 heavy (non-hydrogen) atoms. The van der Waals surface area contributed by atoms with Crippen molar-refractivity contribution in [2.75, 3.05) is 20.1 Å². The molecule has 5 nitrogen and oxygen atoms in total. The summed E-state index contributed by atoms with van der Waals surface area (Å²) in [6.07, 6.45) is 7.56. The molecule has 1 aliphatic rings. The molecule has 0 saturated carbocycles. The summed E-state index contributed by atoms with van der Waals surface area (Å²) in [4.78, 5) is 8.43. The Hall–Kier alpha value is -1.62. The molecule has 0 bridgehead atoms. The molecule has 1 fully saturated rings. The topological polar surface area (TPSA) is 51.4 Å². The zero-order chi connectivity index (χ0) is 12.1. The van der Waals surface area contributed by atoms with Crippen LogP contribution in [0, 0.1) is 0 Å². The average Bonchev–Trinajstić information content (AvgIpc) is 2.39. The van der Waals surface area contributed by atoms with Crippen molar-refractivity contribution in [2.24, 2.45) is 4.99 Å². The van der Waals surface area contributed by atoms with Gasteiger partial charge >= 0.3 is 0 Å². The van der Waals surface area contributed by atoms with E-state index in [1.807, 2.05) is 0 Å². The quantitative estimate of drug-likeness (QED) is 0.835. The van der Waals surface area contributed by atoms with Gasteiger partial charge in [0.2, 0.25) is 0 Å². The van der Waals surface area contributed by atoms with Crippen molar-refractivity contribution in [1.29, 1.82) is 0 Å². The lowest BCUT2D eigenvalue weighted by atomic mass is 10.1. The van der Waals surface area contributed by atoms with Crippen molar-refractivity contribution in [2.45, 2.75) is 18.9 Å². The van der Waals surface area contributed by atoms with Gasteiger partial charge in [-0.25, -0.2) is 4.98 Å². The molecule has 1 aromatic heterocycles. The predicted molar refractivity (Wildman–Crippen MR) is 66.6 cm³/mol. The summed E-state index contributed by atoms with van der Waals surface area (Å²) in [6, 6.07) is 0. The lowest BCUT2D eigenvalue weighted by molar-refractivity contribution is 0.157. The van der Waals surface area contributed by atoms with E-state index >= 15 is 0 Å². The largest absolute Gasteiger partial charge is 0.470 e. The maximum absolute atomic E-state index is 5.88. The molecule has 0 aromatic carbocycles. The fourth-order valence-corrected chi connectivity index (χ4v) is 1.93. The van der Waals surface area contributed by atoms with Crippen LogP contribution in [0.3, 0.4) is 0 Å². The van der Waals surface area contributed by atoms with Gasteiger partial charge in [0.25, 0.3) is 5.88 Å². The second-order valence-electron chi connectivity index (χ2n) is 3.96. The first kappa shape index (κ1) is 11.9. The van der Waals surface area contributed by atoms with Gasteiger partial charge in [0.1, 0.15) is 6.10 Å². The monoisotopic (exact) mass is 234 g/mol. The van der Waals surface area contributed by atoms with Crippen LogP contribution in [0.5, 0.6) is 5.88 Å². The van der Waals surface area contributed by atoms with Crippen LogP contribution >= 0.6 is 0 Å². The van der Waals surface area contributed by atoms with Crippen LogP contribution in [0.1, 0.15) is 12.8 Å². The van der Waals surface area contributed by atoms with Crippen LogP contribution in [-0.2, 0) is 0 Å². The van der Waals surface area contributed by atoms with E-state index in [2.05, 4.69) is 21.9 Å². The molecular weight excluding hydrogens is 216 g/mol. The molecule has 0 amide bonds. The van der Waals surface area contributed by atoms with Crippen molar-refractivity contribution < 1.29 is 4.74 Å². The maximum Gasteiger partial charge on any atom is 0.258 e. The predicted octanol–water partition coefficient (Wildman–Crippen LogP) is 0.645. The Labute approximate surface area is 101 Å². The summed E-state index contributed by atoms with van der Waals surface area (Å²) in [5.74, 6) is 0.573. The van der Waals surface area contributed by atoms with E-state index in [-0.39, 0.29) is 6.10 Å². The molecule has 1 N–H and O–H groups in total. The van der Waals surface area contributed by atoms with Crippen molar-refractivity contribution in [3.63, 3.8) is 0 Å². The molecular formula is C12H18N4O. The maximum atomic E-state index is 5.88. The summed E-state index contributed by atoms with van der Waals surface area (Å²) >= 11 is 0. The van der Waals surface area contributed by atoms with E-state index in [9.17, 15) is 0 Å². The van der Waals surface area contributed by atoms with E-state index < -0.39 is 0 Å². The molecule has 92 valence electrons. The van der Waals surface area contributed by atoms with E-state index in [0.29, 0.717) is 11.4 Å². The van der Waals surface area contributed by atoms with Gasteiger partial charge in [-0.3, -0.25) is 4.99 Å². The summed E-state index contributed by atoms with van der Waals surface area (Å²) < 4.78 is 7.69. The third-order valence-corrected chi connectivity index (χ3v) is 2.79. The van der Waals surface area contributed by atoms with Crippen LogP contribution in [0.15, 0.2) is 24.0 Å². The third kappa shape index (κ3) is 2.74. The summed E-state index contributed by atoms with van der Waals surface area (Å²) in [6.45, 7) is 5.67. The van der Waals surface area contributed by atoms with Crippen molar-refractivity contribution in [3.05, 3.63) is 24.5 Å². The fraction of sp³-hybridized carbons (Fsp3) is 0.500. The number of rotatable bonds is 3. The van der Waals surface area contributed by atoms with Gasteiger partial charge < -0.3 is 14.6 Å². The molecule has 2 rings (SSSR count). The fourth-order valence-electron chi connectivity index (χ4n) is 1.93. The number of ether oxygens (including phenoxy) is 1. The number of aromatic nitrogens is 2. The molecule has 2 heterocycles. The van der Waals surface area contributed by atoms with Gasteiger partial charge in [-0.1, -0.05) is 6.58 Å². The van der Waals surface area contributed by atoms with Gasteiger partial charge in [0, 0.05) is 32.2 Å². The molecule has 1 aliphatic heterocycles. The van der Waals surface area contributed by atoms with Crippen LogP contribution in [0.25, 0.3) is 6.20 Å². The molecule has 1 saturated heterocycles. The van der Waals surface area contributed by atoms with Gasteiger partial charge in [0.05, 0.1) is 0 Å². The molecule has 1 unspecified atom stereocenters. The molecule has 0 spiro atoms. The lowest BCUT2D eigenvalue weighted by Gasteiger charge is -2.23. The Morgan fingerprint density at radius 2 is 2.59 bits per heavy atom. The van der Waals surface area contributed by atoms with E-state index in [4.69, 9.17) is 4.74 Å².